The fraction of sp³-hybridized carbons (Fsp3) is 0.692. The molecular weight excluding hydrogens is 416 g/mol. The second-order valence-electron chi connectivity index (χ2n) is 9.44. The molecule has 2 amide bonds. The first-order chi connectivity index (χ1) is 15.6. The first kappa shape index (κ1) is 28.9. The third-order valence-electron chi connectivity index (χ3n) is 6.68. The summed E-state index contributed by atoms with van der Waals surface area (Å²) in [5, 5.41) is 2.89. The van der Waals surface area contributed by atoms with Crippen molar-refractivity contribution in [2.24, 2.45) is 11.8 Å². The van der Waals surface area contributed by atoms with E-state index in [0.717, 1.165) is 31.5 Å². The lowest BCUT2D eigenvalue weighted by molar-refractivity contribution is -0.138. The van der Waals surface area contributed by atoms with Gasteiger partial charge in [0.25, 0.3) is 0 Å². The van der Waals surface area contributed by atoms with Crippen molar-refractivity contribution in [1.29, 1.82) is 0 Å². The summed E-state index contributed by atoms with van der Waals surface area (Å²) < 4.78 is 5.66. The van der Waals surface area contributed by atoms with E-state index in [1.165, 1.54) is 5.56 Å². The second kappa shape index (κ2) is 14.2. The van der Waals surface area contributed by atoms with Gasteiger partial charge in [-0.2, -0.15) is 0 Å². The molecule has 0 aromatic heterocycles. The Balaban J connectivity index is 2.75. The third kappa shape index (κ3) is 8.63. The van der Waals surface area contributed by atoms with Gasteiger partial charge >= 0.3 is 0 Å². The number of amides is 2. The Morgan fingerprint density at radius 3 is 2.15 bits per heavy atom. The molecule has 4 atom stereocenters. The molecule has 188 valence electrons. The highest BCUT2D eigenvalue weighted by molar-refractivity contribution is 5.87. The summed E-state index contributed by atoms with van der Waals surface area (Å²) in [6, 6.07) is 7.47. The second-order valence-corrected chi connectivity index (χ2v) is 9.44. The van der Waals surface area contributed by atoms with Crippen LogP contribution in [0.3, 0.4) is 0 Å². The molecule has 3 N–H and O–H groups in total. The van der Waals surface area contributed by atoms with Crippen LogP contribution in [0.1, 0.15) is 53.0 Å². The summed E-state index contributed by atoms with van der Waals surface area (Å²) in [4.78, 5) is 29.8. The molecule has 7 nitrogen and oxygen atoms in total. The predicted molar refractivity (Wildman–Crippen MR) is 136 cm³/mol. The van der Waals surface area contributed by atoms with Crippen molar-refractivity contribution in [3.05, 3.63) is 29.8 Å². The number of carbonyl (C=O) groups excluding carboxylic acids is 2. The average Bonchev–Trinajstić information content (AvgIpc) is 2.79. The van der Waals surface area contributed by atoms with E-state index in [0.29, 0.717) is 5.92 Å². The zero-order valence-electron chi connectivity index (χ0n) is 21.9. The van der Waals surface area contributed by atoms with E-state index in [2.05, 4.69) is 31.0 Å². The summed E-state index contributed by atoms with van der Waals surface area (Å²) >= 11 is 0. The highest BCUT2D eigenvalue weighted by Crippen LogP contribution is 2.21. The maximum atomic E-state index is 13.1. The summed E-state index contributed by atoms with van der Waals surface area (Å²) in [5.74, 6) is 0.184. The average molecular weight is 463 g/mol. The highest BCUT2D eigenvalue weighted by atomic mass is 16.5. The number of carbonyl (C=O) groups is 2. The number of rotatable bonds is 14. The molecule has 0 aliphatic rings. The number of anilines is 1. The van der Waals surface area contributed by atoms with Crippen LogP contribution in [-0.2, 0) is 20.7 Å². The fourth-order valence-electron chi connectivity index (χ4n) is 4.49. The molecular formula is C26H46N4O3. The molecule has 4 unspecified atom stereocenters. The molecule has 33 heavy (non-hydrogen) atoms. The lowest BCUT2D eigenvalue weighted by atomic mass is 9.91. The van der Waals surface area contributed by atoms with Crippen LogP contribution in [0.25, 0.3) is 0 Å². The third-order valence-corrected chi connectivity index (χ3v) is 6.68. The van der Waals surface area contributed by atoms with Gasteiger partial charge in [0, 0.05) is 26.4 Å². The largest absolute Gasteiger partial charge is 0.399 e. The Labute approximate surface area is 201 Å². The summed E-state index contributed by atoms with van der Waals surface area (Å²) in [6.45, 7) is 11.1. The highest BCUT2D eigenvalue weighted by Gasteiger charge is 2.32. The number of methoxy groups -OCH3 is 1. The van der Waals surface area contributed by atoms with Crippen LogP contribution in [0.15, 0.2) is 24.3 Å². The van der Waals surface area contributed by atoms with Gasteiger partial charge in [-0.15, -0.1) is 0 Å². The van der Waals surface area contributed by atoms with E-state index in [1.807, 2.05) is 52.2 Å². The number of nitrogen functional groups attached to an aromatic ring is 1. The zero-order valence-corrected chi connectivity index (χ0v) is 21.9. The molecule has 1 aromatic carbocycles. The minimum atomic E-state index is -0.315. The van der Waals surface area contributed by atoms with Gasteiger partial charge in [0.2, 0.25) is 11.8 Å². The molecule has 0 bridgehead atoms. The molecule has 0 aliphatic carbocycles. The van der Waals surface area contributed by atoms with E-state index < -0.39 is 0 Å². The Hall–Kier alpha value is -2.12. The molecule has 7 heteroatoms. The van der Waals surface area contributed by atoms with Gasteiger partial charge in [-0.1, -0.05) is 53.2 Å². The molecule has 0 heterocycles. The lowest BCUT2D eigenvalue weighted by Crippen LogP contribution is -2.54. The van der Waals surface area contributed by atoms with Crippen LogP contribution < -0.4 is 11.1 Å². The first-order valence-electron chi connectivity index (χ1n) is 12.2. The molecule has 1 rings (SSSR count). The molecule has 0 aliphatic heterocycles. The quantitative estimate of drug-likeness (QED) is 0.415. The fourth-order valence-corrected chi connectivity index (χ4v) is 4.49. The van der Waals surface area contributed by atoms with Crippen LogP contribution in [0.5, 0.6) is 0 Å². The van der Waals surface area contributed by atoms with E-state index >= 15 is 0 Å². The van der Waals surface area contributed by atoms with E-state index in [-0.39, 0.29) is 42.5 Å². The standard InChI is InChI=1S/C26H46N4O3/c1-9-19(5)25(22(10-2)33-8)30(7)23(31)17-28-26(32)24(18(3)4)29(6)16-15-20-11-13-21(27)14-12-20/h11-14,18-19,22,24-25H,9-10,15-17,27H2,1-8H3,(H,28,32). The van der Waals surface area contributed by atoms with Crippen molar-refractivity contribution < 1.29 is 14.3 Å². The smallest absolute Gasteiger partial charge is 0.242 e. The predicted octanol–water partition coefficient (Wildman–Crippen LogP) is 3.18. The molecule has 0 radical (unpaired) electrons. The Bertz CT molecular complexity index is 719. The minimum Gasteiger partial charge on any atom is -0.399 e. The van der Waals surface area contributed by atoms with Gasteiger partial charge in [0.05, 0.1) is 24.7 Å². The van der Waals surface area contributed by atoms with E-state index in [1.54, 1.807) is 12.0 Å². The monoisotopic (exact) mass is 462 g/mol. The number of benzene rings is 1. The van der Waals surface area contributed by atoms with Gasteiger partial charge in [-0.05, 0) is 49.4 Å². The van der Waals surface area contributed by atoms with Crippen LogP contribution >= 0.6 is 0 Å². The first-order valence-corrected chi connectivity index (χ1v) is 12.2. The van der Waals surface area contributed by atoms with E-state index in [9.17, 15) is 9.59 Å². The number of nitrogens with two attached hydrogens (primary N) is 1. The van der Waals surface area contributed by atoms with Gasteiger partial charge < -0.3 is 20.7 Å². The molecule has 0 spiro atoms. The lowest BCUT2D eigenvalue weighted by Gasteiger charge is -2.37. The topological polar surface area (TPSA) is 87.9 Å². The minimum absolute atomic E-state index is 0.0164. The summed E-state index contributed by atoms with van der Waals surface area (Å²) in [6.07, 6.45) is 2.56. The maximum absolute atomic E-state index is 13.1. The van der Waals surface area contributed by atoms with Crippen LogP contribution in [0, 0.1) is 11.8 Å². The molecule has 0 fully saturated rings. The van der Waals surface area contributed by atoms with Crippen molar-refractivity contribution in [3.63, 3.8) is 0 Å². The Morgan fingerprint density at radius 1 is 1.06 bits per heavy atom. The van der Waals surface area contributed by atoms with Crippen molar-refractivity contribution in [2.45, 2.75) is 72.1 Å². The number of likely N-dealkylation sites (N-methyl/N-ethyl adjacent to an activating group) is 2. The van der Waals surface area contributed by atoms with E-state index in [4.69, 9.17) is 10.5 Å². The van der Waals surface area contributed by atoms with Gasteiger partial charge in [0.1, 0.15) is 0 Å². The number of hydrogen-bond donors (Lipinski definition) is 2. The number of nitrogens with one attached hydrogen (secondary N) is 1. The van der Waals surface area contributed by atoms with Crippen molar-refractivity contribution in [3.8, 4) is 0 Å². The molecule has 0 saturated heterocycles. The molecule has 1 aromatic rings. The zero-order chi connectivity index (χ0) is 25.1. The van der Waals surface area contributed by atoms with Crippen molar-refractivity contribution >= 4 is 17.5 Å². The summed E-state index contributed by atoms with van der Waals surface area (Å²) in [7, 11) is 5.46. The van der Waals surface area contributed by atoms with Crippen LogP contribution in [-0.4, -0.2) is 74.1 Å². The van der Waals surface area contributed by atoms with Crippen LogP contribution in [0.4, 0.5) is 5.69 Å². The van der Waals surface area contributed by atoms with Crippen LogP contribution in [0.2, 0.25) is 0 Å². The SMILES string of the molecule is CCC(C)C(C(CC)OC)N(C)C(=O)CNC(=O)C(C(C)C)N(C)CCc1ccc(N)cc1. The van der Waals surface area contributed by atoms with Gasteiger partial charge in [-0.25, -0.2) is 0 Å². The number of ether oxygens (including phenoxy) is 1. The van der Waals surface area contributed by atoms with Gasteiger partial charge in [0.15, 0.2) is 0 Å². The molecule has 0 saturated carbocycles. The maximum Gasteiger partial charge on any atom is 0.242 e. The van der Waals surface area contributed by atoms with Crippen molar-refractivity contribution in [1.82, 2.24) is 15.1 Å². The Kier molecular flexibility index (Phi) is 12.4. The number of nitrogens with zero attached hydrogens (tertiary/aromatic N) is 2. The van der Waals surface area contributed by atoms with Gasteiger partial charge in [-0.3, -0.25) is 14.5 Å². The Morgan fingerprint density at radius 2 is 1.67 bits per heavy atom. The van der Waals surface area contributed by atoms with Crippen molar-refractivity contribution in [2.75, 3.05) is 40.0 Å². The number of hydrogen-bond acceptors (Lipinski definition) is 5. The summed E-state index contributed by atoms with van der Waals surface area (Å²) in [5.41, 5.74) is 7.68. The normalized spacial score (nSPS) is 15.2.